The lowest BCUT2D eigenvalue weighted by Gasteiger charge is -2.10. The van der Waals surface area contributed by atoms with E-state index < -0.39 is 0 Å². The number of hydrogen-bond acceptors (Lipinski definition) is 3. The van der Waals surface area contributed by atoms with Gasteiger partial charge in [0.2, 0.25) is 0 Å². The van der Waals surface area contributed by atoms with Crippen LogP contribution < -0.4 is 5.32 Å². The summed E-state index contributed by atoms with van der Waals surface area (Å²) in [5, 5.41) is 8.03. The average molecular weight is 444 g/mol. The summed E-state index contributed by atoms with van der Waals surface area (Å²) in [7, 11) is 1.84. The van der Waals surface area contributed by atoms with Gasteiger partial charge in [0, 0.05) is 32.8 Å². The molecule has 4 nitrogen and oxygen atoms in total. The van der Waals surface area contributed by atoms with Crippen LogP contribution in [0.4, 0.5) is 5.82 Å². The van der Waals surface area contributed by atoms with Crippen molar-refractivity contribution in [3.8, 4) is 11.1 Å². The number of anilines is 1. The van der Waals surface area contributed by atoms with Gasteiger partial charge in [0.15, 0.2) is 0 Å². The summed E-state index contributed by atoms with van der Waals surface area (Å²) in [6, 6.07) is 15.7. The zero-order valence-electron chi connectivity index (χ0n) is 15.8. The maximum absolute atomic E-state index is 12.8. The lowest BCUT2D eigenvalue weighted by atomic mass is 10.1. The van der Waals surface area contributed by atoms with Gasteiger partial charge >= 0.3 is 0 Å². The van der Waals surface area contributed by atoms with E-state index in [0.717, 1.165) is 26.2 Å². The summed E-state index contributed by atoms with van der Waals surface area (Å²) < 4.78 is 2.73. The van der Waals surface area contributed by atoms with Crippen LogP contribution in [0.1, 0.15) is 29.9 Å². The molecule has 1 N–H and O–H groups in total. The molecule has 0 aliphatic heterocycles. The summed E-state index contributed by atoms with van der Waals surface area (Å²) >= 11 is 5.24. The van der Waals surface area contributed by atoms with Gasteiger partial charge in [0.05, 0.1) is 5.69 Å². The number of thioether (sulfide) groups is 1. The topological polar surface area (TPSA) is 46.9 Å². The second-order valence-corrected chi connectivity index (χ2v) is 9.15. The number of amides is 1. The maximum Gasteiger partial charge on any atom is 0.256 e. The van der Waals surface area contributed by atoms with Crippen molar-refractivity contribution in [2.24, 2.45) is 7.05 Å². The molecule has 27 heavy (non-hydrogen) atoms. The first-order valence-corrected chi connectivity index (χ1v) is 10.4. The largest absolute Gasteiger partial charge is 0.306 e. The fraction of sp³-hybridized carbons (Fsp3) is 0.238. The second kappa shape index (κ2) is 8.31. The summed E-state index contributed by atoms with van der Waals surface area (Å²) in [4.78, 5) is 13.9. The molecule has 0 saturated carbocycles. The molecule has 3 rings (SSSR count). The van der Waals surface area contributed by atoms with E-state index in [0.29, 0.717) is 16.6 Å². The van der Waals surface area contributed by atoms with Gasteiger partial charge in [-0.3, -0.25) is 9.48 Å². The number of nitrogens with one attached hydrogen (secondary N) is 1. The molecule has 0 bridgehead atoms. The maximum atomic E-state index is 12.8. The minimum Gasteiger partial charge on any atom is -0.306 e. The van der Waals surface area contributed by atoms with Crippen LogP contribution in [0.25, 0.3) is 11.1 Å². The molecule has 1 amide bonds. The highest BCUT2D eigenvalue weighted by atomic mass is 79.9. The van der Waals surface area contributed by atoms with Gasteiger partial charge in [0.1, 0.15) is 5.82 Å². The molecule has 0 fully saturated rings. The van der Waals surface area contributed by atoms with Gasteiger partial charge in [-0.05, 0) is 48.9 Å². The van der Waals surface area contributed by atoms with E-state index in [1.807, 2.05) is 62.5 Å². The van der Waals surface area contributed by atoms with Crippen LogP contribution in [0, 0.1) is 6.92 Å². The van der Waals surface area contributed by atoms with Crippen molar-refractivity contribution in [1.82, 2.24) is 9.78 Å². The van der Waals surface area contributed by atoms with Crippen molar-refractivity contribution >= 4 is 39.4 Å². The Morgan fingerprint density at radius 2 is 1.74 bits per heavy atom. The number of aryl methyl sites for hydroxylation is 2. The Balaban J connectivity index is 1.87. The van der Waals surface area contributed by atoms with Crippen LogP contribution in [0.15, 0.2) is 57.9 Å². The molecule has 0 aliphatic rings. The van der Waals surface area contributed by atoms with Gasteiger partial charge in [-0.15, -0.1) is 11.8 Å². The Kier molecular flexibility index (Phi) is 6.07. The first kappa shape index (κ1) is 19.7. The summed E-state index contributed by atoms with van der Waals surface area (Å²) in [5.74, 6) is 0.554. The smallest absolute Gasteiger partial charge is 0.256 e. The van der Waals surface area contributed by atoms with Gasteiger partial charge in [-0.2, -0.15) is 5.10 Å². The second-order valence-electron chi connectivity index (χ2n) is 6.58. The molecule has 3 aromatic rings. The van der Waals surface area contributed by atoms with Crippen LogP contribution in [0.2, 0.25) is 0 Å². The number of halogens is 1. The molecule has 1 heterocycles. The Morgan fingerprint density at radius 1 is 1.11 bits per heavy atom. The van der Waals surface area contributed by atoms with E-state index in [1.165, 1.54) is 0 Å². The molecule has 0 unspecified atom stereocenters. The zero-order chi connectivity index (χ0) is 19.6. The third-order valence-electron chi connectivity index (χ3n) is 4.08. The van der Waals surface area contributed by atoms with E-state index >= 15 is 0 Å². The van der Waals surface area contributed by atoms with Crippen LogP contribution in [-0.4, -0.2) is 20.9 Å². The van der Waals surface area contributed by atoms with E-state index in [1.54, 1.807) is 16.4 Å². The normalized spacial score (nSPS) is 11.0. The highest BCUT2D eigenvalue weighted by Crippen LogP contribution is 2.32. The molecular formula is C21H22BrN3OS. The summed E-state index contributed by atoms with van der Waals surface area (Å²) in [5.41, 5.74) is 3.45. The first-order chi connectivity index (χ1) is 12.8. The molecule has 6 heteroatoms. The predicted molar refractivity (Wildman–Crippen MR) is 116 cm³/mol. The van der Waals surface area contributed by atoms with Crippen molar-refractivity contribution in [2.75, 3.05) is 5.32 Å². The third-order valence-corrected chi connectivity index (χ3v) is 5.62. The Labute approximate surface area is 172 Å². The number of nitrogens with zero attached hydrogens (tertiary/aromatic N) is 2. The van der Waals surface area contributed by atoms with E-state index in [-0.39, 0.29) is 5.91 Å². The van der Waals surface area contributed by atoms with Crippen LogP contribution >= 0.6 is 27.7 Å². The predicted octanol–water partition coefficient (Wildman–Crippen LogP) is 5.91. The molecule has 0 aliphatic carbocycles. The number of carbonyl (C=O) groups is 1. The van der Waals surface area contributed by atoms with Crippen LogP contribution in [-0.2, 0) is 7.05 Å². The zero-order valence-corrected chi connectivity index (χ0v) is 18.2. The number of rotatable bonds is 5. The molecule has 2 aromatic carbocycles. The fourth-order valence-corrected chi connectivity index (χ4v) is 4.00. The minimum absolute atomic E-state index is 0.141. The number of benzene rings is 2. The molecule has 0 saturated heterocycles. The van der Waals surface area contributed by atoms with Crippen molar-refractivity contribution < 1.29 is 4.79 Å². The highest BCUT2D eigenvalue weighted by Gasteiger charge is 2.18. The first-order valence-electron chi connectivity index (χ1n) is 8.72. The monoisotopic (exact) mass is 443 g/mol. The van der Waals surface area contributed by atoms with Crippen molar-refractivity contribution in [2.45, 2.75) is 30.9 Å². The Bertz CT molecular complexity index is 947. The van der Waals surface area contributed by atoms with Crippen LogP contribution in [0.5, 0.6) is 0 Å². The van der Waals surface area contributed by atoms with Gasteiger partial charge < -0.3 is 5.32 Å². The average Bonchev–Trinajstić information content (AvgIpc) is 2.89. The van der Waals surface area contributed by atoms with Crippen molar-refractivity contribution in [1.29, 1.82) is 0 Å². The Hall–Kier alpha value is -2.05. The molecule has 0 spiro atoms. The lowest BCUT2D eigenvalue weighted by molar-refractivity contribution is 0.102. The fourth-order valence-electron chi connectivity index (χ4n) is 2.90. The lowest BCUT2D eigenvalue weighted by Crippen LogP contribution is -2.15. The van der Waals surface area contributed by atoms with E-state index in [9.17, 15) is 4.79 Å². The quantitative estimate of drug-likeness (QED) is 0.498. The van der Waals surface area contributed by atoms with E-state index in [2.05, 4.69) is 40.2 Å². The molecule has 140 valence electrons. The van der Waals surface area contributed by atoms with Crippen molar-refractivity contribution in [3.05, 3.63) is 64.3 Å². The van der Waals surface area contributed by atoms with Crippen molar-refractivity contribution in [3.63, 3.8) is 0 Å². The van der Waals surface area contributed by atoms with Gasteiger partial charge in [-0.25, -0.2) is 0 Å². The highest BCUT2D eigenvalue weighted by molar-refractivity contribution is 9.10. The van der Waals surface area contributed by atoms with E-state index in [4.69, 9.17) is 0 Å². The SMILES string of the molecule is Cc1nn(C)c(NC(=O)c2ccc(SC(C)C)cc2)c1-c1ccc(Br)cc1. The van der Waals surface area contributed by atoms with Gasteiger partial charge in [0.25, 0.3) is 5.91 Å². The molecule has 0 atom stereocenters. The standard InChI is InChI=1S/C21H22BrN3OS/c1-13(2)27-18-11-7-16(8-12-18)21(26)23-20-19(14(3)24-25(20)4)15-5-9-17(22)10-6-15/h5-13H,1-4H3,(H,23,26). The minimum atomic E-state index is -0.141. The van der Waals surface area contributed by atoms with Crippen LogP contribution in [0.3, 0.4) is 0 Å². The third kappa shape index (κ3) is 4.62. The Morgan fingerprint density at radius 3 is 2.33 bits per heavy atom. The van der Waals surface area contributed by atoms with Gasteiger partial charge in [-0.1, -0.05) is 41.9 Å². The number of hydrogen-bond donors (Lipinski definition) is 1. The summed E-state index contributed by atoms with van der Waals surface area (Å²) in [6.07, 6.45) is 0. The summed E-state index contributed by atoms with van der Waals surface area (Å²) in [6.45, 7) is 6.25. The molecular weight excluding hydrogens is 422 g/mol. The molecule has 1 aromatic heterocycles. The molecule has 0 radical (unpaired) electrons. The number of carbonyl (C=O) groups excluding carboxylic acids is 1. The number of aromatic nitrogens is 2.